The van der Waals surface area contributed by atoms with Crippen molar-refractivity contribution in [2.75, 3.05) is 10.2 Å². The second-order valence-electron chi connectivity index (χ2n) is 12.5. The van der Waals surface area contributed by atoms with Crippen LogP contribution in [0.4, 0.5) is 17.1 Å². The van der Waals surface area contributed by atoms with Gasteiger partial charge in [0, 0.05) is 39.7 Å². The van der Waals surface area contributed by atoms with E-state index < -0.39 is 0 Å². The van der Waals surface area contributed by atoms with E-state index in [1.54, 1.807) is 0 Å². The number of aromatic nitrogens is 1. The number of ether oxygens (including phenoxy) is 1. The van der Waals surface area contributed by atoms with Crippen LogP contribution in [0.15, 0.2) is 158 Å². The molecule has 3 heterocycles. The summed E-state index contributed by atoms with van der Waals surface area (Å²) in [6.07, 6.45) is 5.39. The Bertz CT molecular complexity index is 2350. The largest absolute Gasteiger partial charge is 0.485 e. The quantitative estimate of drug-likeness (QED) is 0.216. The zero-order valence-electron chi connectivity index (χ0n) is 25.7. The van der Waals surface area contributed by atoms with Gasteiger partial charge in [-0.25, -0.2) is 0 Å². The van der Waals surface area contributed by atoms with Crippen molar-refractivity contribution in [3.05, 3.63) is 169 Å². The monoisotopic (exact) mass is 605 g/mol. The molecule has 1 aliphatic carbocycles. The molecule has 0 bridgehead atoms. The van der Waals surface area contributed by atoms with E-state index in [9.17, 15) is 0 Å². The fraction of sp³-hybridized carbons (Fsp3) is 0.0698. The molecule has 0 radical (unpaired) electrons. The molecule has 0 saturated heterocycles. The molecular formula is C43H31N3O. The maximum atomic E-state index is 6.69. The molecule has 10 rings (SSSR count). The molecule has 224 valence electrons. The van der Waals surface area contributed by atoms with Crippen LogP contribution in [0.3, 0.4) is 0 Å². The molecular weight excluding hydrogens is 574 g/mol. The summed E-state index contributed by atoms with van der Waals surface area (Å²) in [5.41, 5.74) is 13.3. The van der Waals surface area contributed by atoms with Crippen molar-refractivity contribution in [3.8, 4) is 16.9 Å². The summed E-state index contributed by atoms with van der Waals surface area (Å²) in [5, 5.41) is 6.30. The second-order valence-corrected chi connectivity index (χ2v) is 12.5. The normalized spacial score (nSPS) is 17.8. The number of fused-ring (bicyclic) bond motifs is 7. The van der Waals surface area contributed by atoms with E-state index in [1.807, 2.05) is 0 Å². The molecule has 4 nitrogen and oxygen atoms in total. The lowest BCUT2D eigenvalue weighted by Gasteiger charge is -2.27. The van der Waals surface area contributed by atoms with Crippen LogP contribution in [0.5, 0.6) is 5.75 Å². The Balaban J connectivity index is 1.03. The number of nitrogens with one attached hydrogen (secondary N) is 1. The molecule has 0 fully saturated rings. The number of hydrogen-bond donors (Lipinski definition) is 1. The minimum atomic E-state index is -0.0239. The van der Waals surface area contributed by atoms with Gasteiger partial charge in [0.1, 0.15) is 18.0 Å². The van der Waals surface area contributed by atoms with Crippen LogP contribution < -0.4 is 15.0 Å². The molecule has 0 saturated carbocycles. The Morgan fingerprint density at radius 2 is 1.32 bits per heavy atom. The third kappa shape index (κ3) is 4.01. The van der Waals surface area contributed by atoms with E-state index in [0.717, 1.165) is 23.5 Å². The van der Waals surface area contributed by atoms with Crippen LogP contribution in [0.25, 0.3) is 44.2 Å². The van der Waals surface area contributed by atoms with Crippen LogP contribution >= 0.6 is 0 Å². The highest BCUT2D eigenvalue weighted by Gasteiger charge is 2.35. The number of hydrogen-bond acceptors (Lipinski definition) is 3. The van der Waals surface area contributed by atoms with E-state index >= 15 is 0 Å². The van der Waals surface area contributed by atoms with E-state index in [2.05, 4.69) is 173 Å². The summed E-state index contributed by atoms with van der Waals surface area (Å²) in [7, 11) is 0. The van der Waals surface area contributed by atoms with Gasteiger partial charge in [-0.15, -0.1) is 0 Å². The summed E-state index contributed by atoms with van der Waals surface area (Å²) in [6, 6.07) is 52.1. The molecule has 2 atom stereocenters. The predicted molar refractivity (Wildman–Crippen MR) is 194 cm³/mol. The Morgan fingerprint density at radius 3 is 2.11 bits per heavy atom. The van der Waals surface area contributed by atoms with E-state index in [1.165, 1.54) is 61.0 Å². The molecule has 47 heavy (non-hydrogen) atoms. The van der Waals surface area contributed by atoms with E-state index in [4.69, 9.17) is 4.74 Å². The van der Waals surface area contributed by atoms with Gasteiger partial charge in [-0.05, 0) is 65.2 Å². The summed E-state index contributed by atoms with van der Waals surface area (Å²) in [5.74, 6) is 0.960. The number of rotatable bonds is 4. The van der Waals surface area contributed by atoms with Crippen molar-refractivity contribution in [3.63, 3.8) is 0 Å². The lowest BCUT2D eigenvalue weighted by atomic mass is 9.89. The fourth-order valence-electron chi connectivity index (χ4n) is 7.84. The topological polar surface area (TPSA) is 29.4 Å². The van der Waals surface area contributed by atoms with E-state index in [-0.39, 0.29) is 12.3 Å². The minimum Gasteiger partial charge on any atom is -0.485 e. The van der Waals surface area contributed by atoms with Gasteiger partial charge in [-0.2, -0.15) is 0 Å². The number of para-hydroxylation sites is 4. The van der Waals surface area contributed by atoms with Crippen LogP contribution in [0.2, 0.25) is 0 Å². The van der Waals surface area contributed by atoms with Crippen molar-refractivity contribution in [1.29, 1.82) is 0 Å². The fourth-order valence-corrected chi connectivity index (χ4v) is 7.84. The molecule has 0 spiro atoms. The first-order chi connectivity index (χ1) is 23.3. The number of benzene rings is 6. The Morgan fingerprint density at radius 1 is 0.617 bits per heavy atom. The molecule has 1 N–H and O–H groups in total. The highest BCUT2D eigenvalue weighted by atomic mass is 16.5. The first-order valence-corrected chi connectivity index (χ1v) is 16.3. The SMILES string of the molecule is C1=C2c3c(cccc3-c3ccc(N4c5ccccc5NC4c4ccccc4)cc3)OC2CC(n2c3ccccc3c3ccccc32)=C1. The van der Waals surface area contributed by atoms with Gasteiger partial charge in [0.2, 0.25) is 0 Å². The highest BCUT2D eigenvalue weighted by Crippen LogP contribution is 2.49. The molecule has 7 aromatic rings. The van der Waals surface area contributed by atoms with Crippen molar-refractivity contribution in [2.45, 2.75) is 18.7 Å². The standard InChI is InChI=1S/C43H31N3O/c1-2-11-29(12-3-1)43-44-36-16-6-9-19-39(36)46(43)30-23-21-28(22-24-30)32-15-10-20-40-42(32)35-26-25-31(27-41(35)47-40)45-37-17-7-4-13-33(37)34-14-5-8-18-38(34)45/h1-26,41,43-44H,27H2. The van der Waals surface area contributed by atoms with Gasteiger partial charge in [0.25, 0.3) is 0 Å². The van der Waals surface area contributed by atoms with Crippen LogP contribution in [0, 0.1) is 0 Å². The average Bonchev–Trinajstić information content (AvgIpc) is 3.81. The average molecular weight is 606 g/mol. The summed E-state index contributed by atoms with van der Waals surface area (Å²) in [6.45, 7) is 0. The lowest BCUT2D eigenvalue weighted by molar-refractivity contribution is 0.280. The smallest absolute Gasteiger partial charge is 0.130 e. The first kappa shape index (κ1) is 26.2. The summed E-state index contributed by atoms with van der Waals surface area (Å²) >= 11 is 0. The highest BCUT2D eigenvalue weighted by molar-refractivity contribution is 6.10. The molecule has 4 heteroatoms. The molecule has 1 aromatic heterocycles. The molecule has 6 aromatic carbocycles. The Hall–Kier alpha value is -6.00. The van der Waals surface area contributed by atoms with Gasteiger partial charge >= 0.3 is 0 Å². The zero-order valence-corrected chi connectivity index (χ0v) is 25.7. The lowest BCUT2D eigenvalue weighted by Crippen LogP contribution is -2.23. The van der Waals surface area contributed by atoms with Crippen LogP contribution in [0.1, 0.15) is 23.7 Å². The Kier molecular flexibility index (Phi) is 5.73. The summed E-state index contributed by atoms with van der Waals surface area (Å²) < 4.78 is 9.11. The number of nitrogens with zero attached hydrogens (tertiary/aromatic N) is 2. The molecule has 2 aliphatic heterocycles. The van der Waals surface area contributed by atoms with Crippen molar-refractivity contribution < 1.29 is 4.74 Å². The molecule has 3 aliphatic rings. The van der Waals surface area contributed by atoms with Crippen molar-refractivity contribution in [2.24, 2.45) is 0 Å². The predicted octanol–water partition coefficient (Wildman–Crippen LogP) is 10.8. The molecule has 0 amide bonds. The molecule has 2 unspecified atom stereocenters. The first-order valence-electron chi connectivity index (χ1n) is 16.3. The van der Waals surface area contributed by atoms with E-state index in [0.29, 0.717) is 0 Å². The van der Waals surface area contributed by atoms with Crippen molar-refractivity contribution >= 4 is 50.1 Å². The van der Waals surface area contributed by atoms with Gasteiger partial charge < -0.3 is 19.5 Å². The third-order valence-corrected chi connectivity index (χ3v) is 9.93. The Labute approximate surface area is 273 Å². The number of allylic oxidation sites excluding steroid dienone is 2. The van der Waals surface area contributed by atoms with Crippen LogP contribution in [-0.2, 0) is 0 Å². The van der Waals surface area contributed by atoms with Gasteiger partial charge in [0.05, 0.1) is 22.4 Å². The number of anilines is 3. The minimum absolute atomic E-state index is 0.0239. The maximum absolute atomic E-state index is 6.69. The second kappa shape index (κ2) is 10.3. The van der Waals surface area contributed by atoms with Crippen LogP contribution in [-0.4, -0.2) is 10.7 Å². The zero-order chi connectivity index (χ0) is 30.9. The van der Waals surface area contributed by atoms with Gasteiger partial charge in [0.15, 0.2) is 0 Å². The summed E-state index contributed by atoms with van der Waals surface area (Å²) in [4.78, 5) is 2.40. The maximum Gasteiger partial charge on any atom is 0.130 e. The van der Waals surface area contributed by atoms with Gasteiger partial charge in [-0.1, -0.05) is 109 Å². The third-order valence-electron chi connectivity index (χ3n) is 9.93. The van der Waals surface area contributed by atoms with Crippen molar-refractivity contribution in [1.82, 2.24) is 4.57 Å². The van der Waals surface area contributed by atoms with Gasteiger partial charge in [-0.3, -0.25) is 0 Å².